The number of rotatable bonds is 3. The van der Waals surface area contributed by atoms with Gasteiger partial charge in [-0.05, 0) is 30.0 Å². The second-order valence-electron chi connectivity index (χ2n) is 2.52. The first-order chi connectivity index (χ1) is 7.15. The van der Waals surface area contributed by atoms with E-state index in [2.05, 4.69) is 9.97 Å². The molecule has 0 radical (unpaired) electrons. The smallest absolute Gasteiger partial charge is 0.257 e. The van der Waals surface area contributed by atoms with Gasteiger partial charge in [-0.2, -0.15) is 0 Å². The largest absolute Gasteiger partial charge is 0.344 e. The first-order valence-electron chi connectivity index (χ1n) is 3.85. The van der Waals surface area contributed by atoms with Crippen molar-refractivity contribution in [1.82, 2.24) is 9.97 Å². The van der Waals surface area contributed by atoms with Crippen molar-refractivity contribution in [3.63, 3.8) is 0 Å². The summed E-state index contributed by atoms with van der Waals surface area (Å²) in [5.41, 5.74) is 0. The summed E-state index contributed by atoms with van der Waals surface area (Å²) >= 11 is 4.03. The Balaban J connectivity index is 2.14. The fraction of sp³-hybridized carbons (Fsp3) is 0.143. The minimum atomic E-state index is -0.431. The molecule has 0 aliphatic heterocycles. The fourth-order valence-corrected chi connectivity index (χ4v) is 3.82. The molecule has 8 heteroatoms. The fourth-order valence-electron chi connectivity index (χ4n) is 0.857. The molecular weight excluding hydrogens is 254 g/mol. The van der Waals surface area contributed by atoms with Crippen molar-refractivity contribution in [3.05, 3.63) is 27.5 Å². The van der Waals surface area contributed by atoms with E-state index in [-0.39, 0.29) is 5.00 Å². The van der Waals surface area contributed by atoms with Crippen molar-refractivity contribution in [2.24, 2.45) is 0 Å². The molecule has 2 aromatic heterocycles. The van der Waals surface area contributed by atoms with Crippen LogP contribution in [0.2, 0.25) is 0 Å². The highest BCUT2D eigenvalue weighted by molar-refractivity contribution is 8.02. The van der Waals surface area contributed by atoms with E-state index in [4.69, 9.17) is 0 Å². The molecule has 78 valence electrons. The summed E-state index contributed by atoms with van der Waals surface area (Å²) in [4.78, 5) is 18.1. The van der Waals surface area contributed by atoms with Gasteiger partial charge in [0, 0.05) is 0 Å². The summed E-state index contributed by atoms with van der Waals surface area (Å²) in [7, 11) is 0. The van der Waals surface area contributed by atoms with Crippen molar-refractivity contribution in [3.8, 4) is 0 Å². The number of thiazole rings is 2. The third-order valence-electron chi connectivity index (χ3n) is 1.44. The van der Waals surface area contributed by atoms with Crippen LogP contribution < -0.4 is 0 Å². The Bertz CT molecular complexity index is 493. The molecule has 5 nitrogen and oxygen atoms in total. The number of hydrogen-bond acceptors (Lipinski definition) is 7. The van der Waals surface area contributed by atoms with Crippen LogP contribution in [0, 0.1) is 17.0 Å². The van der Waals surface area contributed by atoms with Crippen LogP contribution in [0.3, 0.4) is 0 Å². The molecule has 2 rings (SSSR count). The van der Waals surface area contributed by atoms with Gasteiger partial charge in [0.25, 0.3) is 0 Å². The van der Waals surface area contributed by atoms with Gasteiger partial charge in [0.2, 0.25) is 0 Å². The summed E-state index contributed by atoms with van der Waals surface area (Å²) in [5, 5.41) is 11.5. The Labute approximate surface area is 97.3 Å². The Morgan fingerprint density at radius 1 is 1.40 bits per heavy atom. The van der Waals surface area contributed by atoms with Gasteiger partial charge in [-0.1, -0.05) is 0 Å². The summed E-state index contributed by atoms with van der Waals surface area (Å²) in [6, 6.07) is 0. The quantitative estimate of drug-likeness (QED) is 0.626. The van der Waals surface area contributed by atoms with Crippen molar-refractivity contribution < 1.29 is 4.92 Å². The molecule has 0 saturated heterocycles. The Morgan fingerprint density at radius 2 is 2.20 bits per heavy atom. The molecule has 2 aromatic rings. The highest BCUT2D eigenvalue weighted by Gasteiger charge is 2.12. The lowest BCUT2D eigenvalue weighted by Crippen LogP contribution is -1.80. The number of aromatic nitrogens is 2. The second-order valence-corrected chi connectivity index (χ2v) is 6.31. The number of hydrogen-bond donors (Lipinski definition) is 0. The molecule has 15 heavy (non-hydrogen) atoms. The molecule has 0 aliphatic rings. The molecule has 0 N–H and O–H groups in total. The van der Waals surface area contributed by atoms with Gasteiger partial charge >= 0.3 is 5.00 Å². The minimum absolute atomic E-state index is 0.0683. The predicted molar refractivity (Wildman–Crippen MR) is 59.7 cm³/mol. The van der Waals surface area contributed by atoms with Crippen molar-refractivity contribution in [2.75, 3.05) is 0 Å². The SMILES string of the molecule is Cc1ncc(Sc2ncc([N+](=O)[O-])s2)s1. The molecule has 0 bridgehead atoms. The van der Waals surface area contributed by atoms with E-state index in [0.717, 1.165) is 20.6 Å². The van der Waals surface area contributed by atoms with Crippen molar-refractivity contribution in [1.29, 1.82) is 0 Å². The zero-order chi connectivity index (χ0) is 10.8. The number of nitro groups is 1. The normalized spacial score (nSPS) is 10.5. The van der Waals surface area contributed by atoms with Crippen LogP contribution in [0.25, 0.3) is 0 Å². The third kappa shape index (κ3) is 2.52. The van der Waals surface area contributed by atoms with Crippen LogP contribution in [0.15, 0.2) is 20.9 Å². The molecule has 2 heterocycles. The summed E-state index contributed by atoms with van der Waals surface area (Å²) in [6.45, 7) is 1.92. The lowest BCUT2D eigenvalue weighted by molar-refractivity contribution is -0.380. The topological polar surface area (TPSA) is 68.9 Å². The number of aryl methyl sites for hydroxylation is 1. The molecule has 0 unspecified atom stereocenters. The zero-order valence-electron chi connectivity index (χ0n) is 7.54. The van der Waals surface area contributed by atoms with Crippen LogP contribution in [0.4, 0.5) is 5.00 Å². The van der Waals surface area contributed by atoms with Gasteiger partial charge in [0.05, 0.1) is 20.3 Å². The van der Waals surface area contributed by atoms with E-state index < -0.39 is 4.92 Å². The Morgan fingerprint density at radius 3 is 2.73 bits per heavy atom. The molecule has 0 atom stereocenters. The van der Waals surface area contributed by atoms with Gasteiger partial charge in [-0.25, -0.2) is 9.97 Å². The van der Waals surface area contributed by atoms with Crippen LogP contribution in [-0.2, 0) is 0 Å². The molecule has 0 aliphatic carbocycles. The van der Waals surface area contributed by atoms with Crippen LogP contribution in [0.5, 0.6) is 0 Å². The summed E-state index contributed by atoms with van der Waals surface area (Å²) in [6.07, 6.45) is 3.03. The standard InChI is InChI=1S/C7H5N3O2S3/c1-4-8-3-6(13-4)15-7-9-2-5(14-7)10(11)12/h2-3H,1H3. The van der Waals surface area contributed by atoms with E-state index in [1.165, 1.54) is 18.0 Å². The zero-order valence-corrected chi connectivity index (χ0v) is 9.99. The average molecular weight is 259 g/mol. The molecule has 0 spiro atoms. The van der Waals surface area contributed by atoms with Crippen molar-refractivity contribution in [2.45, 2.75) is 15.5 Å². The third-order valence-corrected chi connectivity index (χ3v) is 4.48. The lowest BCUT2D eigenvalue weighted by atomic mass is 10.8. The van der Waals surface area contributed by atoms with E-state index in [1.54, 1.807) is 17.5 Å². The maximum atomic E-state index is 10.4. The second kappa shape index (κ2) is 4.25. The molecule has 0 amide bonds. The molecular formula is C7H5N3O2S3. The Kier molecular flexibility index (Phi) is 2.98. The molecule has 0 fully saturated rings. The maximum absolute atomic E-state index is 10.4. The van der Waals surface area contributed by atoms with E-state index in [1.807, 2.05) is 6.92 Å². The Hall–Kier alpha value is -0.990. The predicted octanol–water partition coefficient (Wildman–Crippen LogP) is 2.97. The van der Waals surface area contributed by atoms with Gasteiger partial charge in [-0.3, -0.25) is 10.1 Å². The highest BCUT2D eigenvalue weighted by atomic mass is 32.2. The first kappa shape index (κ1) is 10.5. The molecule has 0 saturated carbocycles. The average Bonchev–Trinajstić information content (AvgIpc) is 2.76. The first-order valence-corrected chi connectivity index (χ1v) is 6.30. The van der Waals surface area contributed by atoms with Gasteiger partial charge in [0.15, 0.2) is 4.34 Å². The van der Waals surface area contributed by atoms with Gasteiger partial charge < -0.3 is 0 Å². The van der Waals surface area contributed by atoms with Crippen LogP contribution in [-0.4, -0.2) is 14.9 Å². The van der Waals surface area contributed by atoms with Crippen molar-refractivity contribution >= 4 is 39.4 Å². The summed E-state index contributed by atoms with van der Waals surface area (Å²) in [5.74, 6) is 0. The maximum Gasteiger partial charge on any atom is 0.344 e. The summed E-state index contributed by atoms with van der Waals surface area (Å²) < 4.78 is 1.67. The molecule has 0 aromatic carbocycles. The number of nitrogens with zero attached hydrogens (tertiary/aromatic N) is 3. The lowest BCUT2D eigenvalue weighted by Gasteiger charge is -1.87. The minimum Gasteiger partial charge on any atom is -0.257 e. The van der Waals surface area contributed by atoms with E-state index >= 15 is 0 Å². The van der Waals surface area contributed by atoms with E-state index in [9.17, 15) is 10.1 Å². The monoisotopic (exact) mass is 259 g/mol. The van der Waals surface area contributed by atoms with Crippen LogP contribution in [0.1, 0.15) is 5.01 Å². The van der Waals surface area contributed by atoms with Gasteiger partial charge in [-0.15, -0.1) is 11.3 Å². The van der Waals surface area contributed by atoms with Gasteiger partial charge in [0.1, 0.15) is 6.20 Å². The van der Waals surface area contributed by atoms with E-state index in [0.29, 0.717) is 4.34 Å². The van der Waals surface area contributed by atoms with Crippen LogP contribution >= 0.6 is 34.4 Å². The highest BCUT2D eigenvalue weighted by Crippen LogP contribution is 2.36.